The summed E-state index contributed by atoms with van der Waals surface area (Å²) >= 11 is 0. The number of carbonyl (C=O) groups excluding carboxylic acids is 1. The molecule has 2 rings (SSSR count). The highest BCUT2D eigenvalue weighted by Gasteiger charge is 2.25. The minimum atomic E-state index is -1.69. The summed E-state index contributed by atoms with van der Waals surface area (Å²) in [5.41, 5.74) is -0.818. The van der Waals surface area contributed by atoms with Gasteiger partial charge < -0.3 is 9.80 Å². The molecule has 0 unspecified atom stereocenters. The van der Waals surface area contributed by atoms with Crippen LogP contribution in [0.15, 0.2) is 0 Å². The minimum absolute atomic E-state index is 0.0357. The van der Waals surface area contributed by atoms with Crippen LogP contribution in [0.2, 0.25) is 0 Å². The first-order valence-electron chi connectivity index (χ1n) is 6.10. The number of nitrogens with zero attached hydrogens (tertiary/aromatic N) is 3. The molecule has 0 aliphatic carbocycles. The SMILES string of the molecule is CN(CCN1CCCC1=O)c1c(F)c(F)nc(F)c1F. The van der Waals surface area contributed by atoms with E-state index in [9.17, 15) is 22.4 Å². The lowest BCUT2D eigenvalue weighted by Crippen LogP contribution is -2.35. The maximum atomic E-state index is 13.5. The van der Waals surface area contributed by atoms with Crippen LogP contribution in [0.4, 0.5) is 23.2 Å². The van der Waals surface area contributed by atoms with E-state index >= 15 is 0 Å². The van der Waals surface area contributed by atoms with Crippen molar-refractivity contribution in [3.63, 3.8) is 0 Å². The number of halogens is 4. The van der Waals surface area contributed by atoms with Crippen molar-refractivity contribution >= 4 is 11.6 Å². The molecule has 2 heterocycles. The summed E-state index contributed by atoms with van der Waals surface area (Å²) in [6, 6.07) is 0. The van der Waals surface area contributed by atoms with E-state index in [2.05, 4.69) is 4.98 Å². The summed E-state index contributed by atoms with van der Waals surface area (Å²) < 4.78 is 53.0. The third-order valence-corrected chi connectivity index (χ3v) is 3.23. The Bertz CT molecular complexity index is 512. The van der Waals surface area contributed by atoms with E-state index in [1.165, 1.54) is 7.05 Å². The van der Waals surface area contributed by atoms with Gasteiger partial charge in [-0.15, -0.1) is 0 Å². The highest BCUT2D eigenvalue weighted by atomic mass is 19.2. The Morgan fingerprint density at radius 2 is 1.80 bits per heavy atom. The van der Waals surface area contributed by atoms with E-state index in [1.54, 1.807) is 4.90 Å². The zero-order valence-corrected chi connectivity index (χ0v) is 10.8. The third kappa shape index (κ3) is 2.68. The Morgan fingerprint density at radius 1 is 1.20 bits per heavy atom. The van der Waals surface area contributed by atoms with Gasteiger partial charge in [-0.2, -0.15) is 22.5 Å². The molecular formula is C12H13F4N3O. The first kappa shape index (κ1) is 14.5. The molecule has 0 saturated carbocycles. The van der Waals surface area contributed by atoms with Crippen molar-refractivity contribution in [3.05, 3.63) is 23.5 Å². The van der Waals surface area contributed by atoms with Gasteiger partial charge in [0.1, 0.15) is 5.69 Å². The fourth-order valence-corrected chi connectivity index (χ4v) is 2.13. The van der Waals surface area contributed by atoms with Crippen LogP contribution in [-0.2, 0) is 4.79 Å². The Kier molecular flexibility index (Phi) is 4.10. The van der Waals surface area contributed by atoms with Gasteiger partial charge in [-0.1, -0.05) is 0 Å². The van der Waals surface area contributed by atoms with Gasteiger partial charge in [0.05, 0.1) is 0 Å². The number of hydrogen-bond donors (Lipinski definition) is 0. The molecule has 20 heavy (non-hydrogen) atoms. The fraction of sp³-hybridized carbons (Fsp3) is 0.500. The fourth-order valence-electron chi connectivity index (χ4n) is 2.13. The van der Waals surface area contributed by atoms with E-state index in [0.717, 1.165) is 11.3 Å². The standard InChI is InChI=1S/C12H13F4N3O/c1-18(5-6-19-4-2-3-7(19)20)10-8(13)11(15)17-12(16)9(10)14/h2-6H2,1H3. The highest BCUT2D eigenvalue weighted by Crippen LogP contribution is 2.25. The van der Waals surface area contributed by atoms with E-state index in [-0.39, 0.29) is 19.0 Å². The summed E-state index contributed by atoms with van der Waals surface area (Å²) in [4.78, 5) is 16.5. The van der Waals surface area contributed by atoms with Crippen LogP contribution < -0.4 is 4.90 Å². The zero-order valence-electron chi connectivity index (χ0n) is 10.8. The van der Waals surface area contributed by atoms with Crippen molar-refractivity contribution in [3.8, 4) is 0 Å². The molecule has 0 N–H and O–H groups in total. The average molecular weight is 291 g/mol. The number of likely N-dealkylation sites (N-methyl/N-ethyl adjacent to an activating group) is 1. The van der Waals surface area contributed by atoms with Crippen LogP contribution in [-0.4, -0.2) is 42.5 Å². The largest absolute Gasteiger partial charge is 0.368 e. The topological polar surface area (TPSA) is 36.4 Å². The maximum Gasteiger partial charge on any atom is 0.253 e. The predicted molar refractivity (Wildman–Crippen MR) is 63.2 cm³/mol. The number of hydrogen-bond acceptors (Lipinski definition) is 3. The number of anilines is 1. The molecule has 1 saturated heterocycles. The second-order valence-corrected chi connectivity index (χ2v) is 4.58. The third-order valence-electron chi connectivity index (χ3n) is 3.23. The van der Waals surface area contributed by atoms with Gasteiger partial charge in [0.25, 0.3) is 11.9 Å². The van der Waals surface area contributed by atoms with Crippen LogP contribution in [0.3, 0.4) is 0 Å². The van der Waals surface area contributed by atoms with Crippen molar-refractivity contribution < 1.29 is 22.4 Å². The van der Waals surface area contributed by atoms with E-state index in [1.807, 2.05) is 0 Å². The van der Waals surface area contributed by atoms with Gasteiger partial charge in [0.15, 0.2) is 0 Å². The van der Waals surface area contributed by atoms with Crippen molar-refractivity contribution in [1.82, 2.24) is 9.88 Å². The molecule has 0 radical (unpaired) electrons. The van der Waals surface area contributed by atoms with E-state index in [0.29, 0.717) is 13.0 Å². The van der Waals surface area contributed by atoms with Crippen LogP contribution in [0.25, 0.3) is 0 Å². The van der Waals surface area contributed by atoms with Gasteiger partial charge in [-0.05, 0) is 6.42 Å². The molecule has 1 aromatic heterocycles. The molecule has 0 atom stereocenters. The summed E-state index contributed by atoms with van der Waals surface area (Å²) in [6.45, 7) is 0.874. The molecule has 8 heteroatoms. The quantitative estimate of drug-likeness (QED) is 0.626. The molecule has 1 aromatic rings. The van der Waals surface area contributed by atoms with Crippen LogP contribution in [0.5, 0.6) is 0 Å². The Labute approximate surface area is 113 Å². The van der Waals surface area contributed by atoms with Crippen molar-refractivity contribution in [2.45, 2.75) is 12.8 Å². The first-order valence-corrected chi connectivity index (χ1v) is 6.10. The second kappa shape index (κ2) is 5.64. The Balaban J connectivity index is 2.13. The van der Waals surface area contributed by atoms with Gasteiger partial charge in [-0.3, -0.25) is 4.79 Å². The number of rotatable bonds is 4. The highest BCUT2D eigenvalue weighted by molar-refractivity contribution is 5.78. The van der Waals surface area contributed by atoms with Crippen LogP contribution >= 0.6 is 0 Å². The van der Waals surface area contributed by atoms with Crippen LogP contribution in [0.1, 0.15) is 12.8 Å². The number of aromatic nitrogens is 1. The molecule has 1 amide bonds. The molecule has 110 valence electrons. The normalized spacial score (nSPS) is 15.1. The molecule has 0 aromatic carbocycles. The molecule has 1 aliphatic heterocycles. The minimum Gasteiger partial charge on any atom is -0.368 e. The molecule has 1 fully saturated rings. The Morgan fingerprint density at radius 3 is 2.30 bits per heavy atom. The smallest absolute Gasteiger partial charge is 0.253 e. The first-order chi connectivity index (χ1) is 9.41. The van der Waals surface area contributed by atoms with E-state index < -0.39 is 29.2 Å². The van der Waals surface area contributed by atoms with Crippen LogP contribution in [0, 0.1) is 23.5 Å². The molecule has 0 bridgehead atoms. The second-order valence-electron chi connectivity index (χ2n) is 4.58. The van der Waals surface area contributed by atoms with Gasteiger partial charge in [0.2, 0.25) is 17.5 Å². The van der Waals surface area contributed by atoms with Gasteiger partial charge in [-0.25, -0.2) is 0 Å². The van der Waals surface area contributed by atoms with Gasteiger partial charge in [0, 0.05) is 33.1 Å². The van der Waals surface area contributed by atoms with Crippen molar-refractivity contribution in [2.75, 3.05) is 31.6 Å². The predicted octanol–water partition coefficient (Wildman–Crippen LogP) is 1.70. The lowest BCUT2D eigenvalue weighted by atomic mass is 10.3. The number of pyridine rings is 1. The molecule has 1 aliphatic rings. The monoisotopic (exact) mass is 291 g/mol. The summed E-state index contributed by atoms with van der Waals surface area (Å²) in [5.74, 6) is -6.50. The summed E-state index contributed by atoms with van der Waals surface area (Å²) in [6.07, 6.45) is 1.19. The maximum absolute atomic E-state index is 13.5. The van der Waals surface area contributed by atoms with E-state index in [4.69, 9.17) is 0 Å². The molecule has 0 spiro atoms. The van der Waals surface area contributed by atoms with Crippen molar-refractivity contribution in [1.29, 1.82) is 0 Å². The zero-order chi connectivity index (χ0) is 14.9. The lowest BCUT2D eigenvalue weighted by molar-refractivity contribution is -0.127. The average Bonchev–Trinajstić information content (AvgIpc) is 2.80. The van der Waals surface area contributed by atoms with Crippen molar-refractivity contribution in [2.24, 2.45) is 0 Å². The lowest BCUT2D eigenvalue weighted by Gasteiger charge is -2.24. The Hall–Kier alpha value is -1.86. The number of carbonyl (C=O) groups is 1. The molecule has 4 nitrogen and oxygen atoms in total. The number of amides is 1. The van der Waals surface area contributed by atoms with Gasteiger partial charge >= 0.3 is 0 Å². The molecular weight excluding hydrogens is 278 g/mol. The number of likely N-dealkylation sites (tertiary alicyclic amines) is 1. The summed E-state index contributed by atoms with van der Waals surface area (Å²) in [5, 5.41) is 0. The summed E-state index contributed by atoms with van der Waals surface area (Å²) in [7, 11) is 1.29.